The normalized spacial score (nSPS) is 13.4. The molecule has 1 amide bonds. The van der Waals surface area contributed by atoms with E-state index < -0.39 is 5.92 Å². The minimum absolute atomic E-state index is 0.00644. The summed E-state index contributed by atoms with van der Waals surface area (Å²) in [7, 11) is 0. The fraction of sp³-hybridized carbons (Fsp3) is 0.333. The first-order valence-electron chi connectivity index (χ1n) is 9.69. The average Bonchev–Trinajstić information content (AvgIpc) is 2.72. The van der Waals surface area contributed by atoms with Crippen LogP contribution in [0, 0.1) is 11.3 Å². The molecule has 0 unspecified atom stereocenters. The van der Waals surface area contributed by atoms with Gasteiger partial charge < -0.3 is 5.32 Å². The van der Waals surface area contributed by atoms with E-state index in [9.17, 15) is 13.6 Å². The second kappa shape index (κ2) is 12.8. The number of benzene rings is 1. The fourth-order valence-electron chi connectivity index (χ4n) is 2.28. The van der Waals surface area contributed by atoms with Crippen molar-refractivity contribution in [3.63, 3.8) is 0 Å². The lowest BCUT2D eigenvalue weighted by atomic mass is 10.1. The maximum atomic E-state index is 13.6. The highest BCUT2D eigenvalue weighted by molar-refractivity contribution is 8.03. The van der Waals surface area contributed by atoms with Crippen molar-refractivity contribution in [2.75, 3.05) is 12.3 Å². The molecule has 0 fully saturated rings. The molecule has 1 aromatic carbocycles. The van der Waals surface area contributed by atoms with E-state index >= 15 is 0 Å². The van der Waals surface area contributed by atoms with Crippen molar-refractivity contribution in [1.29, 1.82) is 5.26 Å². The fourth-order valence-corrected chi connectivity index (χ4v) is 3.15. The van der Waals surface area contributed by atoms with Gasteiger partial charge in [0.05, 0.1) is 11.6 Å². The number of allylic oxidation sites excluding steroid dienone is 6. The summed E-state index contributed by atoms with van der Waals surface area (Å²) >= 11 is 1.49. The van der Waals surface area contributed by atoms with Gasteiger partial charge in [-0.3, -0.25) is 4.79 Å². The maximum Gasteiger partial charge on any atom is 0.266 e. The standard InChI is InChI=1S/C24H28F2N2OS/c1-5-7-8-10-20(13-18(3)24(4,25)26)17-30-22(6-2)16-28-23(29)21-12-9-11-19(14-21)15-27/h6-14H,5,16-17H2,1-4H3,(H,28,29)/b8-7+,18-13+,20-10+,22-6-. The van der Waals surface area contributed by atoms with Gasteiger partial charge in [0.25, 0.3) is 11.8 Å². The zero-order valence-corrected chi connectivity index (χ0v) is 18.7. The molecule has 0 saturated carbocycles. The van der Waals surface area contributed by atoms with Crippen LogP contribution in [0.1, 0.15) is 50.0 Å². The molecule has 1 N–H and O–H groups in total. The Balaban J connectivity index is 2.79. The molecule has 0 bridgehead atoms. The van der Waals surface area contributed by atoms with Gasteiger partial charge in [0.1, 0.15) is 0 Å². The van der Waals surface area contributed by atoms with Gasteiger partial charge in [0, 0.05) is 29.7 Å². The van der Waals surface area contributed by atoms with Crippen molar-refractivity contribution in [2.45, 2.75) is 40.0 Å². The van der Waals surface area contributed by atoms with Gasteiger partial charge in [-0.1, -0.05) is 43.4 Å². The second-order valence-electron chi connectivity index (χ2n) is 6.71. The van der Waals surface area contributed by atoms with Crippen LogP contribution in [0.25, 0.3) is 0 Å². The predicted octanol–water partition coefficient (Wildman–Crippen LogP) is 6.42. The molecule has 30 heavy (non-hydrogen) atoms. The van der Waals surface area contributed by atoms with Gasteiger partial charge in [0.2, 0.25) is 0 Å². The molecule has 0 radical (unpaired) electrons. The van der Waals surface area contributed by atoms with Crippen LogP contribution in [-0.4, -0.2) is 24.1 Å². The molecule has 1 rings (SSSR count). The molecule has 3 nitrogen and oxygen atoms in total. The molecule has 6 heteroatoms. The maximum absolute atomic E-state index is 13.6. The van der Waals surface area contributed by atoms with E-state index in [0.717, 1.165) is 23.8 Å². The zero-order chi connectivity index (χ0) is 22.6. The van der Waals surface area contributed by atoms with Crippen LogP contribution in [0.3, 0.4) is 0 Å². The predicted molar refractivity (Wildman–Crippen MR) is 122 cm³/mol. The number of hydrogen-bond donors (Lipinski definition) is 1. The third kappa shape index (κ3) is 9.23. The Morgan fingerprint density at radius 2 is 2.10 bits per heavy atom. The van der Waals surface area contributed by atoms with Gasteiger partial charge in [0.15, 0.2) is 0 Å². The van der Waals surface area contributed by atoms with Crippen molar-refractivity contribution in [3.05, 3.63) is 81.8 Å². The molecule has 0 saturated heterocycles. The highest BCUT2D eigenvalue weighted by atomic mass is 32.2. The highest BCUT2D eigenvalue weighted by Gasteiger charge is 2.23. The number of nitrogens with zero attached hydrogens (tertiary/aromatic N) is 1. The Hall–Kier alpha value is -2.65. The number of halogens is 2. The Morgan fingerprint density at radius 1 is 1.37 bits per heavy atom. The summed E-state index contributed by atoms with van der Waals surface area (Å²) in [6.45, 7) is 6.51. The summed E-state index contributed by atoms with van der Waals surface area (Å²) in [5.41, 5.74) is 1.62. The molecule has 0 spiro atoms. The van der Waals surface area contributed by atoms with E-state index in [0.29, 0.717) is 23.4 Å². The summed E-state index contributed by atoms with van der Waals surface area (Å²) in [6.07, 6.45) is 9.94. The summed E-state index contributed by atoms with van der Waals surface area (Å²) in [5.74, 6) is -2.64. The lowest BCUT2D eigenvalue weighted by Crippen LogP contribution is -2.25. The number of nitriles is 1. The molecule has 0 heterocycles. The van der Waals surface area contributed by atoms with Gasteiger partial charge >= 0.3 is 0 Å². The topological polar surface area (TPSA) is 52.9 Å². The van der Waals surface area contributed by atoms with Crippen molar-refractivity contribution < 1.29 is 13.6 Å². The zero-order valence-electron chi connectivity index (χ0n) is 17.8. The lowest BCUT2D eigenvalue weighted by molar-refractivity contribution is 0.0634. The number of thioether (sulfide) groups is 1. The van der Waals surface area contributed by atoms with Crippen LogP contribution in [0.15, 0.2) is 70.7 Å². The van der Waals surface area contributed by atoms with E-state index in [1.807, 2.05) is 44.2 Å². The quantitative estimate of drug-likeness (QED) is 0.436. The molecule has 0 aromatic heterocycles. The van der Waals surface area contributed by atoms with Crippen LogP contribution in [-0.2, 0) is 0 Å². The minimum atomic E-state index is -2.87. The second-order valence-corrected chi connectivity index (χ2v) is 7.81. The Kier molecular flexibility index (Phi) is 10.8. The lowest BCUT2D eigenvalue weighted by Gasteiger charge is -2.13. The van der Waals surface area contributed by atoms with Crippen LogP contribution in [0.2, 0.25) is 0 Å². The largest absolute Gasteiger partial charge is 0.347 e. The molecule has 0 aliphatic rings. The Morgan fingerprint density at radius 3 is 2.70 bits per heavy atom. The first-order chi connectivity index (χ1) is 14.2. The van der Waals surface area contributed by atoms with Crippen molar-refractivity contribution in [3.8, 4) is 6.07 Å². The number of alkyl halides is 2. The number of rotatable bonds is 10. The van der Waals surface area contributed by atoms with Crippen LogP contribution in [0.4, 0.5) is 8.78 Å². The van der Waals surface area contributed by atoms with E-state index in [-0.39, 0.29) is 11.5 Å². The number of hydrogen-bond acceptors (Lipinski definition) is 3. The summed E-state index contributed by atoms with van der Waals surface area (Å²) in [5, 5.41) is 11.8. The molecule has 0 aliphatic carbocycles. The average molecular weight is 431 g/mol. The van der Waals surface area contributed by atoms with Crippen molar-refractivity contribution >= 4 is 17.7 Å². The number of carbonyl (C=O) groups is 1. The Bertz CT molecular complexity index is 887. The molecular weight excluding hydrogens is 402 g/mol. The molecular formula is C24H28F2N2OS. The number of carbonyl (C=O) groups excluding carboxylic acids is 1. The number of nitrogens with one attached hydrogen (secondary N) is 1. The molecule has 1 aromatic rings. The van der Waals surface area contributed by atoms with Crippen LogP contribution < -0.4 is 5.32 Å². The smallest absolute Gasteiger partial charge is 0.266 e. The van der Waals surface area contributed by atoms with Crippen molar-refractivity contribution in [1.82, 2.24) is 5.32 Å². The molecule has 160 valence electrons. The molecule has 0 aliphatic heterocycles. The Labute approximate surface area is 182 Å². The van der Waals surface area contributed by atoms with Gasteiger partial charge in [-0.05, 0) is 49.6 Å². The van der Waals surface area contributed by atoms with Gasteiger partial charge in [-0.2, -0.15) is 5.26 Å². The summed E-state index contributed by atoms with van der Waals surface area (Å²) < 4.78 is 27.1. The van der Waals surface area contributed by atoms with Gasteiger partial charge in [-0.25, -0.2) is 8.78 Å². The van der Waals surface area contributed by atoms with E-state index in [1.165, 1.54) is 30.8 Å². The number of amides is 1. The first-order valence-corrected chi connectivity index (χ1v) is 10.7. The van der Waals surface area contributed by atoms with Gasteiger partial charge in [-0.15, -0.1) is 11.8 Å². The van der Waals surface area contributed by atoms with E-state index in [1.54, 1.807) is 18.2 Å². The molecule has 0 atom stereocenters. The highest BCUT2D eigenvalue weighted by Crippen LogP contribution is 2.26. The van der Waals surface area contributed by atoms with Crippen LogP contribution >= 0.6 is 11.8 Å². The summed E-state index contributed by atoms with van der Waals surface area (Å²) in [6, 6.07) is 8.51. The first kappa shape index (κ1) is 25.4. The SMILES string of the molecule is C/C=C(/CNC(=O)c1cccc(C#N)c1)SCC(=C/C=C/CC)/C=C(\C)C(C)(F)F. The minimum Gasteiger partial charge on any atom is -0.347 e. The third-order valence-corrected chi connectivity index (χ3v) is 5.43. The van der Waals surface area contributed by atoms with E-state index in [2.05, 4.69) is 5.32 Å². The third-order valence-electron chi connectivity index (χ3n) is 4.20. The monoisotopic (exact) mass is 430 g/mol. The van der Waals surface area contributed by atoms with E-state index in [4.69, 9.17) is 5.26 Å². The summed E-state index contributed by atoms with van der Waals surface area (Å²) in [4.78, 5) is 13.2. The van der Waals surface area contributed by atoms with Crippen molar-refractivity contribution in [2.24, 2.45) is 0 Å². The van der Waals surface area contributed by atoms with Crippen LogP contribution in [0.5, 0.6) is 0 Å².